The zero-order valence-electron chi connectivity index (χ0n) is 33.3. The van der Waals surface area contributed by atoms with Crippen molar-refractivity contribution in [3.05, 3.63) is 70.3 Å². The van der Waals surface area contributed by atoms with E-state index >= 15 is 0 Å². The number of nitrogens with one attached hydrogen (secondary N) is 2. The normalized spacial score (nSPS) is 34.1. The van der Waals surface area contributed by atoms with Crippen molar-refractivity contribution in [2.45, 2.75) is 85.7 Å². The van der Waals surface area contributed by atoms with Gasteiger partial charge >= 0.3 is 0 Å². The van der Waals surface area contributed by atoms with Gasteiger partial charge in [0, 0.05) is 55.3 Å². The fourth-order valence-corrected chi connectivity index (χ4v) is 14.5. The molecule has 9 rings (SSSR count). The third kappa shape index (κ3) is 8.79. The molecule has 2 bridgehead atoms. The highest BCUT2D eigenvalue weighted by Gasteiger charge is 2.52. The number of allylic oxidation sites excluding steroid dienone is 1. The van der Waals surface area contributed by atoms with Crippen LogP contribution in [0.1, 0.15) is 73.9 Å². The number of piperazine rings is 1. The molecule has 0 unspecified atom stereocenters. The Morgan fingerprint density at radius 1 is 1.02 bits per heavy atom. The first-order valence-electron chi connectivity index (χ1n) is 21.0. The van der Waals surface area contributed by atoms with Gasteiger partial charge in [-0.2, -0.15) is 0 Å². The monoisotopic (exact) mass is 858 g/mol. The molecule has 2 aliphatic carbocycles. The van der Waals surface area contributed by atoms with E-state index in [0.29, 0.717) is 31.9 Å². The van der Waals surface area contributed by atoms with Crippen molar-refractivity contribution in [2.24, 2.45) is 17.8 Å². The van der Waals surface area contributed by atoms with Crippen LogP contribution in [0, 0.1) is 17.8 Å². The van der Waals surface area contributed by atoms with Crippen LogP contribution in [0.3, 0.4) is 0 Å². The fourth-order valence-electron chi connectivity index (χ4n) is 9.80. The molecule has 0 radical (unpaired) electrons. The molecule has 2 aromatic rings. The molecule has 5 aliphatic heterocycles. The number of hydrogen-bond donors (Lipinski definition) is 3. The minimum atomic E-state index is -3.95. The smallest absolute Gasteiger partial charge is 0.264 e. The summed E-state index contributed by atoms with van der Waals surface area (Å²) in [6.45, 7) is 12.1. The number of fused-ring (bicyclic) bond motifs is 4. The molecule has 312 valence electrons. The number of carbonyl (C=O) groups excluding carboxylic acids is 1. The number of rotatable bonds is 2. The summed E-state index contributed by atoms with van der Waals surface area (Å²) in [6.07, 6.45) is 10.5. The molecule has 7 aliphatic rings. The topological polar surface area (TPSA) is 120 Å². The third-order valence-corrected chi connectivity index (χ3v) is 19.1. The third-order valence-electron chi connectivity index (χ3n) is 13.7. The highest BCUT2D eigenvalue weighted by molar-refractivity contribution is 8.17. The van der Waals surface area contributed by atoms with E-state index in [1.165, 1.54) is 24.2 Å². The second-order valence-electron chi connectivity index (χ2n) is 17.3. The number of aryl methyl sites for hydroxylation is 1. The number of carbonyl (C=O) groups is 1. The van der Waals surface area contributed by atoms with Gasteiger partial charge in [-0.3, -0.25) is 9.69 Å². The lowest BCUT2D eigenvalue weighted by Gasteiger charge is -2.51. The van der Waals surface area contributed by atoms with Crippen LogP contribution in [-0.4, -0.2) is 116 Å². The first kappa shape index (κ1) is 41.8. The number of amides is 1. The predicted octanol–water partition coefficient (Wildman–Crippen LogP) is 6.10. The van der Waals surface area contributed by atoms with E-state index in [9.17, 15) is 18.3 Å². The lowest BCUT2D eigenvalue weighted by Crippen LogP contribution is -2.55. The fraction of sp³-hybridized carbons (Fsp3) is 0.651. The van der Waals surface area contributed by atoms with Gasteiger partial charge in [0.1, 0.15) is 11.4 Å². The average Bonchev–Trinajstić information content (AvgIpc) is 3.32. The van der Waals surface area contributed by atoms with Gasteiger partial charge in [-0.15, -0.1) is 23.5 Å². The first-order chi connectivity index (χ1) is 27.5. The molecule has 2 aromatic carbocycles. The SMILES string of the molecule is C1CN(C2COC2)CCN1.C[C@@H]1[C@@H](C)C/C=C/[C@@](O)(C2SCCCS2)[C@@H]2CC[C@H]2CN2C[C@@]3(CCCc4cc(Cl)ccc43)COc3ccc(cc32)C(=O)NS1(=O)=O. The largest absolute Gasteiger partial charge is 0.490 e. The number of aliphatic hydroxyl groups is 1. The summed E-state index contributed by atoms with van der Waals surface area (Å²) in [7, 11) is -3.95. The van der Waals surface area contributed by atoms with Crippen LogP contribution in [0.2, 0.25) is 5.02 Å². The van der Waals surface area contributed by atoms with Crippen molar-refractivity contribution in [3.8, 4) is 5.75 Å². The lowest BCUT2D eigenvalue weighted by atomic mass is 9.64. The number of thioether (sulfide) groups is 2. The van der Waals surface area contributed by atoms with Crippen LogP contribution >= 0.6 is 35.1 Å². The molecule has 1 saturated carbocycles. The maximum atomic E-state index is 13.5. The Labute approximate surface area is 352 Å². The molecule has 1 amide bonds. The van der Waals surface area contributed by atoms with Gasteiger partial charge in [-0.25, -0.2) is 13.1 Å². The van der Waals surface area contributed by atoms with E-state index in [2.05, 4.69) is 32.0 Å². The van der Waals surface area contributed by atoms with Gasteiger partial charge in [-0.1, -0.05) is 36.7 Å². The van der Waals surface area contributed by atoms with Crippen molar-refractivity contribution < 1.29 is 27.8 Å². The van der Waals surface area contributed by atoms with E-state index in [0.717, 1.165) is 93.1 Å². The molecule has 1 spiro atoms. The highest BCUT2D eigenvalue weighted by atomic mass is 35.5. The lowest BCUT2D eigenvalue weighted by molar-refractivity contribution is -0.0677. The molecule has 57 heavy (non-hydrogen) atoms. The van der Waals surface area contributed by atoms with Crippen LogP contribution in [0.15, 0.2) is 48.6 Å². The molecule has 6 atom stereocenters. The second-order valence-corrected chi connectivity index (χ2v) is 22.5. The van der Waals surface area contributed by atoms with E-state index < -0.39 is 26.8 Å². The van der Waals surface area contributed by atoms with Crippen molar-refractivity contribution in [1.29, 1.82) is 0 Å². The molecule has 5 heterocycles. The Kier molecular flexibility index (Phi) is 12.9. The van der Waals surface area contributed by atoms with E-state index in [1.807, 2.05) is 54.7 Å². The van der Waals surface area contributed by atoms with Crippen molar-refractivity contribution in [1.82, 2.24) is 14.9 Å². The molecule has 0 aromatic heterocycles. The van der Waals surface area contributed by atoms with Crippen LogP contribution in [0.25, 0.3) is 0 Å². The highest BCUT2D eigenvalue weighted by Crippen LogP contribution is 2.53. The van der Waals surface area contributed by atoms with Crippen LogP contribution < -0.4 is 19.7 Å². The van der Waals surface area contributed by atoms with Crippen LogP contribution in [0.4, 0.5) is 5.69 Å². The minimum Gasteiger partial charge on any atom is -0.490 e. The second kappa shape index (κ2) is 17.6. The summed E-state index contributed by atoms with van der Waals surface area (Å²) < 4.78 is 41.0. The number of benzene rings is 2. The Morgan fingerprint density at radius 2 is 1.81 bits per heavy atom. The minimum absolute atomic E-state index is 0.0302. The first-order valence-corrected chi connectivity index (χ1v) is 25.0. The number of anilines is 1. The maximum absolute atomic E-state index is 13.5. The summed E-state index contributed by atoms with van der Waals surface area (Å²) in [5, 5.41) is 15.9. The Balaban J connectivity index is 0.000000394. The summed E-state index contributed by atoms with van der Waals surface area (Å²) in [5.41, 5.74) is 2.32. The van der Waals surface area contributed by atoms with Gasteiger partial charge in [0.05, 0.1) is 41.4 Å². The zero-order chi connectivity index (χ0) is 39.8. The average molecular weight is 860 g/mol. The summed E-state index contributed by atoms with van der Waals surface area (Å²) in [5.74, 6) is 2.18. The molecule has 14 heteroatoms. The molecular weight excluding hydrogens is 800 g/mol. The van der Waals surface area contributed by atoms with Crippen molar-refractivity contribution >= 4 is 56.7 Å². The standard InChI is InChI=1S/C36H45ClN2O5S3.C7H14N2O/c1-23-6-3-15-36(41,34-45-16-5-17-46-34)30-11-8-27(30)20-39-21-35(14-4-7-25-18-28(37)10-12-29(25)35)22-44-32-13-9-26(19-31(32)39)33(40)38-47(42,43)24(23)2;1-3-9(4-2-8-1)7-5-10-6-7/h3,9-10,12-13,15,18-19,23-24,27,30,34,41H,4-8,11,14,16-17,20-22H2,1-2H3,(H,38,40);7-8H,1-6H2/b15-3+;/t23-,24+,27-,30+,35-,36-;/m0./s1. The van der Waals surface area contributed by atoms with Gasteiger partial charge in [0.25, 0.3) is 5.91 Å². The summed E-state index contributed by atoms with van der Waals surface area (Å²) in [4.78, 5) is 18.4. The Bertz CT molecular complexity index is 1900. The maximum Gasteiger partial charge on any atom is 0.264 e. The summed E-state index contributed by atoms with van der Waals surface area (Å²) in [6, 6.07) is 12.2. The number of ether oxygens (including phenoxy) is 2. The molecule has 10 nitrogen and oxygen atoms in total. The van der Waals surface area contributed by atoms with E-state index in [1.54, 1.807) is 19.1 Å². The number of halogens is 1. The predicted molar refractivity (Wildman–Crippen MR) is 233 cm³/mol. The number of hydrogen-bond acceptors (Lipinski definition) is 11. The Morgan fingerprint density at radius 3 is 2.53 bits per heavy atom. The number of sulfonamides is 1. The van der Waals surface area contributed by atoms with Crippen molar-refractivity contribution in [3.63, 3.8) is 0 Å². The van der Waals surface area contributed by atoms with Gasteiger partial charge in [-0.05, 0) is 123 Å². The van der Waals surface area contributed by atoms with Crippen molar-refractivity contribution in [2.75, 3.05) is 75.5 Å². The van der Waals surface area contributed by atoms with Gasteiger partial charge in [0.2, 0.25) is 10.0 Å². The molecule has 3 N–H and O–H groups in total. The summed E-state index contributed by atoms with van der Waals surface area (Å²) >= 11 is 10.2. The molecular formula is C43H59ClN4O6S3. The molecule has 3 saturated heterocycles. The molecule has 4 fully saturated rings. The Hall–Kier alpha value is -1.97. The van der Waals surface area contributed by atoms with E-state index in [-0.39, 0.29) is 33.3 Å². The van der Waals surface area contributed by atoms with Gasteiger partial charge < -0.3 is 24.8 Å². The number of nitrogens with zero attached hydrogens (tertiary/aromatic N) is 2. The zero-order valence-corrected chi connectivity index (χ0v) is 36.5. The van der Waals surface area contributed by atoms with Crippen LogP contribution in [-0.2, 0) is 26.6 Å². The van der Waals surface area contributed by atoms with Crippen LogP contribution in [0.5, 0.6) is 5.75 Å². The van der Waals surface area contributed by atoms with Gasteiger partial charge in [0.15, 0.2) is 0 Å². The van der Waals surface area contributed by atoms with E-state index in [4.69, 9.17) is 21.1 Å². The quantitative estimate of drug-likeness (QED) is 0.304.